The van der Waals surface area contributed by atoms with E-state index in [9.17, 15) is 9.59 Å². The lowest BCUT2D eigenvalue weighted by atomic mass is 10.0. The molecule has 0 atom stereocenters. The quantitative estimate of drug-likeness (QED) is 0.191. The number of amides is 2. The minimum atomic E-state index is -0.554. The van der Waals surface area contributed by atoms with Crippen LogP contribution in [0, 0.1) is 0 Å². The molecule has 0 unspecified atom stereocenters. The third kappa shape index (κ3) is 8.13. The number of carbonyl (C=O) groups is 2. The van der Waals surface area contributed by atoms with Gasteiger partial charge in [-0.3, -0.25) is 19.8 Å². The second kappa shape index (κ2) is 13.2. The summed E-state index contributed by atoms with van der Waals surface area (Å²) in [5, 5.41) is 6.72. The number of aryl methyl sites for hydroxylation is 1. The van der Waals surface area contributed by atoms with Crippen LogP contribution in [0.4, 0.5) is 4.79 Å². The van der Waals surface area contributed by atoms with Crippen molar-refractivity contribution < 1.29 is 14.3 Å². The smallest absolute Gasteiger partial charge is 0.407 e. The zero-order valence-corrected chi connectivity index (χ0v) is 24.8. The first-order valence-corrected chi connectivity index (χ1v) is 14.0. The number of pyridine rings is 2. The minimum absolute atomic E-state index is 0.161. The maximum absolute atomic E-state index is 12.9. The number of hydrogen-bond acceptors (Lipinski definition) is 6. The fourth-order valence-corrected chi connectivity index (χ4v) is 4.53. The molecule has 4 rings (SSSR count). The van der Waals surface area contributed by atoms with Crippen LogP contribution in [-0.4, -0.2) is 40.5 Å². The van der Waals surface area contributed by atoms with Crippen LogP contribution in [0.2, 0.25) is 0 Å². The van der Waals surface area contributed by atoms with E-state index in [-0.39, 0.29) is 12.5 Å². The second-order valence-corrected chi connectivity index (χ2v) is 11.0. The number of nitrogens with two attached hydrogens (primary N) is 1. The van der Waals surface area contributed by atoms with Crippen molar-refractivity contribution >= 4 is 28.7 Å². The number of carbonyl (C=O) groups excluding carboxylic acids is 2. The zero-order valence-electron chi connectivity index (χ0n) is 24.8. The monoisotopic (exact) mass is 566 g/mol. The van der Waals surface area contributed by atoms with Crippen LogP contribution in [0.1, 0.15) is 71.7 Å². The average Bonchev–Trinajstić information content (AvgIpc) is 2.97. The second-order valence-electron chi connectivity index (χ2n) is 11.0. The Bertz CT molecular complexity index is 1620. The van der Waals surface area contributed by atoms with E-state index < -0.39 is 11.7 Å². The number of aliphatic imine (C=N–C) groups is 1. The van der Waals surface area contributed by atoms with Crippen LogP contribution in [0.25, 0.3) is 10.9 Å². The van der Waals surface area contributed by atoms with Crippen LogP contribution >= 0.6 is 0 Å². The summed E-state index contributed by atoms with van der Waals surface area (Å²) in [6, 6.07) is 19.4. The van der Waals surface area contributed by atoms with Gasteiger partial charge in [0, 0.05) is 48.4 Å². The summed E-state index contributed by atoms with van der Waals surface area (Å²) in [6.45, 7) is 8.21. The third-order valence-corrected chi connectivity index (χ3v) is 6.61. The SMILES string of the molecule is CCc1cc(CNC(=O)c2ccnc(Cc3ccc4nc(CNC(=O)OC(C)(C)C)ccc4c3)c2)ccc1C(N)=NC. The summed E-state index contributed by atoms with van der Waals surface area (Å²) in [5.41, 5.74) is 12.4. The number of fused-ring (bicyclic) bond motifs is 1. The van der Waals surface area contributed by atoms with E-state index in [1.165, 1.54) is 0 Å². The van der Waals surface area contributed by atoms with E-state index in [1.54, 1.807) is 19.3 Å². The molecule has 4 aromatic rings. The van der Waals surface area contributed by atoms with Gasteiger partial charge in [-0.25, -0.2) is 4.79 Å². The first-order valence-electron chi connectivity index (χ1n) is 14.0. The summed E-state index contributed by atoms with van der Waals surface area (Å²) in [4.78, 5) is 38.1. The van der Waals surface area contributed by atoms with Gasteiger partial charge in [-0.05, 0) is 74.2 Å². The van der Waals surface area contributed by atoms with Crippen LogP contribution in [-0.2, 0) is 30.7 Å². The van der Waals surface area contributed by atoms with E-state index in [0.29, 0.717) is 24.4 Å². The van der Waals surface area contributed by atoms with Crippen molar-refractivity contribution in [3.8, 4) is 0 Å². The van der Waals surface area contributed by atoms with Gasteiger partial charge >= 0.3 is 6.09 Å². The van der Waals surface area contributed by atoms with Crippen LogP contribution < -0.4 is 16.4 Å². The topological polar surface area (TPSA) is 132 Å². The van der Waals surface area contributed by atoms with Gasteiger partial charge in [0.1, 0.15) is 11.4 Å². The van der Waals surface area contributed by atoms with Crippen LogP contribution in [0.3, 0.4) is 0 Å². The highest BCUT2D eigenvalue weighted by Gasteiger charge is 2.16. The van der Waals surface area contributed by atoms with E-state index in [4.69, 9.17) is 10.5 Å². The summed E-state index contributed by atoms with van der Waals surface area (Å²) in [5.74, 6) is 0.345. The average molecular weight is 567 g/mol. The zero-order chi connectivity index (χ0) is 30.3. The molecule has 0 aliphatic carbocycles. The van der Waals surface area contributed by atoms with Crippen molar-refractivity contribution in [3.05, 3.63) is 106 Å². The fourth-order valence-electron chi connectivity index (χ4n) is 4.53. The van der Waals surface area contributed by atoms with E-state index in [0.717, 1.165) is 51.0 Å². The Balaban J connectivity index is 1.38. The van der Waals surface area contributed by atoms with Gasteiger partial charge in [0.2, 0.25) is 0 Å². The molecule has 0 bridgehead atoms. The molecule has 9 nitrogen and oxygen atoms in total. The van der Waals surface area contributed by atoms with Crippen molar-refractivity contribution in [3.63, 3.8) is 0 Å². The fraction of sp³-hybridized carbons (Fsp3) is 0.303. The lowest BCUT2D eigenvalue weighted by molar-refractivity contribution is 0.0522. The van der Waals surface area contributed by atoms with Crippen molar-refractivity contribution in [2.24, 2.45) is 10.7 Å². The van der Waals surface area contributed by atoms with Crippen molar-refractivity contribution in [1.29, 1.82) is 0 Å². The van der Waals surface area contributed by atoms with Gasteiger partial charge in [0.05, 0.1) is 17.8 Å². The summed E-state index contributed by atoms with van der Waals surface area (Å²) in [7, 11) is 1.68. The number of amidine groups is 1. The van der Waals surface area contributed by atoms with Crippen molar-refractivity contribution in [2.75, 3.05) is 7.05 Å². The molecule has 0 saturated carbocycles. The maximum Gasteiger partial charge on any atom is 0.407 e. The molecule has 2 aromatic heterocycles. The molecule has 42 heavy (non-hydrogen) atoms. The standard InChI is InChI=1S/C33H38N6O3/c1-6-23-16-22(7-11-28(23)30(34)35-5)19-37-31(40)25-13-14-36-27(18-25)17-21-8-12-29-24(15-21)9-10-26(39-29)20-38-32(41)42-33(2,3)4/h7-16,18H,6,17,19-20H2,1-5H3,(H2,34,35)(H,37,40)(H,38,41). The Morgan fingerprint density at radius 3 is 2.45 bits per heavy atom. The first-order chi connectivity index (χ1) is 20.0. The summed E-state index contributed by atoms with van der Waals surface area (Å²) >= 11 is 0. The van der Waals surface area contributed by atoms with Gasteiger partial charge < -0.3 is 21.1 Å². The Labute approximate surface area is 246 Å². The van der Waals surface area contributed by atoms with Gasteiger partial charge in [-0.2, -0.15) is 0 Å². The lowest BCUT2D eigenvalue weighted by Crippen LogP contribution is -2.32. The highest BCUT2D eigenvalue weighted by atomic mass is 16.6. The molecule has 9 heteroatoms. The van der Waals surface area contributed by atoms with E-state index >= 15 is 0 Å². The maximum atomic E-state index is 12.9. The normalized spacial score (nSPS) is 11.8. The molecule has 2 heterocycles. The molecule has 0 radical (unpaired) electrons. The van der Waals surface area contributed by atoms with Gasteiger partial charge in [0.15, 0.2) is 0 Å². The Kier molecular flexibility index (Phi) is 9.52. The predicted octanol–water partition coefficient (Wildman–Crippen LogP) is 5.07. The van der Waals surface area contributed by atoms with Gasteiger partial charge in [0.25, 0.3) is 5.91 Å². The highest BCUT2D eigenvalue weighted by molar-refractivity contribution is 5.99. The predicted molar refractivity (Wildman–Crippen MR) is 165 cm³/mol. The van der Waals surface area contributed by atoms with Gasteiger partial charge in [-0.15, -0.1) is 0 Å². The number of benzene rings is 2. The minimum Gasteiger partial charge on any atom is -0.444 e. The highest BCUT2D eigenvalue weighted by Crippen LogP contribution is 2.18. The third-order valence-electron chi connectivity index (χ3n) is 6.61. The van der Waals surface area contributed by atoms with Crippen molar-refractivity contribution in [2.45, 2.75) is 59.2 Å². The molecule has 4 N–H and O–H groups in total. The number of rotatable bonds is 9. The molecular weight excluding hydrogens is 528 g/mol. The molecule has 218 valence electrons. The van der Waals surface area contributed by atoms with Crippen LogP contribution in [0.15, 0.2) is 71.9 Å². The molecule has 2 aromatic carbocycles. The summed E-state index contributed by atoms with van der Waals surface area (Å²) < 4.78 is 5.28. The molecule has 0 aliphatic heterocycles. The lowest BCUT2D eigenvalue weighted by Gasteiger charge is -2.19. The number of hydrogen-bond donors (Lipinski definition) is 3. The molecule has 2 amide bonds. The molecule has 0 aliphatic rings. The number of aromatic nitrogens is 2. The van der Waals surface area contributed by atoms with Crippen LogP contribution in [0.5, 0.6) is 0 Å². The van der Waals surface area contributed by atoms with Crippen molar-refractivity contribution in [1.82, 2.24) is 20.6 Å². The Morgan fingerprint density at radius 2 is 1.71 bits per heavy atom. The molecule has 0 fully saturated rings. The van der Waals surface area contributed by atoms with Gasteiger partial charge in [-0.1, -0.05) is 37.3 Å². The number of ether oxygens (including phenoxy) is 1. The number of alkyl carbamates (subject to hydrolysis) is 1. The Morgan fingerprint density at radius 1 is 0.929 bits per heavy atom. The number of nitrogens with zero attached hydrogens (tertiary/aromatic N) is 3. The summed E-state index contributed by atoms with van der Waals surface area (Å²) in [6.07, 6.45) is 2.57. The van der Waals surface area contributed by atoms with E-state index in [2.05, 4.69) is 44.7 Å². The van der Waals surface area contributed by atoms with E-state index in [1.807, 2.05) is 63.2 Å². The Hall–Kier alpha value is -4.79. The first kappa shape index (κ1) is 30.2. The molecule has 0 spiro atoms. The largest absolute Gasteiger partial charge is 0.444 e. The molecular formula is C33H38N6O3. The number of nitrogens with one attached hydrogen (secondary N) is 2. The molecule has 0 saturated heterocycles.